The maximum atomic E-state index is 12.1. The highest BCUT2D eigenvalue weighted by molar-refractivity contribution is 5.30. The van der Waals surface area contributed by atoms with E-state index in [-0.39, 0.29) is 11.8 Å². The van der Waals surface area contributed by atoms with Gasteiger partial charge >= 0.3 is 6.36 Å². The van der Waals surface area contributed by atoms with E-state index >= 15 is 0 Å². The molecule has 0 aromatic carbocycles. The molecule has 0 radical (unpaired) electrons. The van der Waals surface area contributed by atoms with Crippen LogP contribution in [0.5, 0.6) is 5.88 Å². The van der Waals surface area contributed by atoms with E-state index in [9.17, 15) is 13.2 Å². The summed E-state index contributed by atoms with van der Waals surface area (Å²) in [6.45, 7) is 5.19. The molecule has 0 N–H and O–H groups in total. The molecule has 84 valence electrons. The molecule has 0 fully saturated rings. The van der Waals surface area contributed by atoms with E-state index in [2.05, 4.69) is 9.72 Å². The van der Waals surface area contributed by atoms with E-state index < -0.39 is 6.36 Å². The van der Waals surface area contributed by atoms with Gasteiger partial charge < -0.3 is 4.74 Å². The van der Waals surface area contributed by atoms with Crippen molar-refractivity contribution in [3.05, 3.63) is 23.4 Å². The van der Waals surface area contributed by atoms with Gasteiger partial charge in [-0.3, -0.25) is 0 Å². The number of ether oxygens (including phenoxy) is 1. The van der Waals surface area contributed by atoms with Gasteiger partial charge in [-0.25, -0.2) is 4.98 Å². The molecule has 1 heterocycles. The van der Waals surface area contributed by atoms with Gasteiger partial charge in [0.15, 0.2) is 0 Å². The fourth-order valence-corrected chi connectivity index (χ4v) is 1.17. The molecule has 0 aliphatic rings. The Morgan fingerprint density at radius 1 is 1.27 bits per heavy atom. The highest BCUT2D eigenvalue weighted by Crippen LogP contribution is 2.29. The molecule has 15 heavy (non-hydrogen) atoms. The van der Waals surface area contributed by atoms with Crippen LogP contribution in [0.2, 0.25) is 0 Å². The number of aromatic nitrogens is 1. The zero-order valence-corrected chi connectivity index (χ0v) is 8.72. The standard InChI is InChI=1S/C10H12F3NO/c1-6(2)8-5-4-7(3)14-9(8)15-10(11,12)13/h4-6H,1-3H3. The number of rotatable bonds is 2. The SMILES string of the molecule is Cc1ccc(C(C)C)c(OC(F)(F)F)n1. The van der Waals surface area contributed by atoms with Crippen molar-refractivity contribution < 1.29 is 17.9 Å². The van der Waals surface area contributed by atoms with Gasteiger partial charge in [0.05, 0.1) is 0 Å². The van der Waals surface area contributed by atoms with Crippen LogP contribution in [-0.2, 0) is 0 Å². The van der Waals surface area contributed by atoms with E-state index in [1.165, 1.54) is 0 Å². The summed E-state index contributed by atoms with van der Waals surface area (Å²) < 4.78 is 40.0. The normalized spacial score (nSPS) is 11.9. The lowest BCUT2D eigenvalue weighted by Gasteiger charge is -2.14. The molecule has 1 aromatic heterocycles. The molecule has 0 aliphatic carbocycles. The van der Waals surface area contributed by atoms with Crippen LogP contribution in [0.1, 0.15) is 31.0 Å². The maximum absolute atomic E-state index is 12.1. The molecule has 5 heteroatoms. The van der Waals surface area contributed by atoms with Gasteiger partial charge in [-0.1, -0.05) is 19.9 Å². The van der Waals surface area contributed by atoms with E-state index in [0.717, 1.165) is 0 Å². The minimum absolute atomic E-state index is 0.0598. The summed E-state index contributed by atoms with van der Waals surface area (Å²) in [7, 11) is 0. The summed E-state index contributed by atoms with van der Waals surface area (Å²) in [5, 5.41) is 0. The van der Waals surface area contributed by atoms with Gasteiger partial charge in [-0.2, -0.15) is 0 Å². The second-order valence-corrected chi connectivity index (χ2v) is 3.55. The van der Waals surface area contributed by atoms with Crippen LogP contribution in [0.3, 0.4) is 0 Å². The van der Waals surface area contributed by atoms with Crippen LogP contribution >= 0.6 is 0 Å². The first kappa shape index (κ1) is 11.8. The predicted molar refractivity (Wildman–Crippen MR) is 49.7 cm³/mol. The third-order valence-corrected chi connectivity index (χ3v) is 1.86. The van der Waals surface area contributed by atoms with Crippen LogP contribution < -0.4 is 4.74 Å². The summed E-state index contributed by atoms with van der Waals surface area (Å²) >= 11 is 0. The average Bonchev–Trinajstić information content (AvgIpc) is 1.99. The first-order chi connectivity index (χ1) is 6.79. The Bertz CT molecular complexity index is 347. The molecule has 0 bridgehead atoms. The van der Waals surface area contributed by atoms with Crippen molar-refractivity contribution in [1.29, 1.82) is 0 Å². The Balaban J connectivity index is 3.08. The van der Waals surface area contributed by atoms with Crippen molar-refractivity contribution in [2.75, 3.05) is 0 Å². The van der Waals surface area contributed by atoms with E-state index in [1.807, 2.05) is 0 Å². The number of alkyl halides is 3. The summed E-state index contributed by atoms with van der Waals surface area (Å²) in [6, 6.07) is 3.27. The summed E-state index contributed by atoms with van der Waals surface area (Å²) in [6.07, 6.45) is -4.69. The van der Waals surface area contributed by atoms with Crippen molar-refractivity contribution in [2.24, 2.45) is 0 Å². The highest BCUT2D eigenvalue weighted by atomic mass is 19.4. The zero-order chi connectivity index (χ0) is 11.6. The largest absolute Gasteiger partial charge is 0.574 e. The van der Waals surface area contributed by atoms with E-state index in [1.54, 1.807) is 32.9 Å². The summed E-state index contributed by atoms with van der Waals surface area (Å²) in [5.74, 6) is -0.409. The smallest absolute Gasteiger partial charge is 0.388 e. The average molecular weight is 219 g/mol. The molecule has 0 spiro atoms. The first-order valence-electron chi connectivity index (χ1n) is 4.53. The van der Waals surface area contributed by atoms with Crippen molar-refractivity contribution in [3.63, 3.8) is 0 Å². The van der Waals surface area contributed by atoms with Crippen molar-refractivity contribution in [1.82, 2.24) is 4.98 Å². The lowest BCUT2D eigenvalue weighted by atomic mass is 10.0. The second kappa shape index (κ2) is 4.08. The summed E-state index contributed by atoms with van der Waals surface area (Å²) in [4.78, 5) is 3.74. The number of nitrogens with zero attached hydrogens (tertiary/aromatic N) is 1. The van der Waals surface area contributed by atoms with Crippen LogP contribution in [-0.4, -0.2) is 11.3 Å². The van der Waals surface area contributed by atoms with Crippen molar-refractivity contribution in [3.8, 4) is 5.88 Å². The van der Waals surface area contributed by atoms with Crippen LogP contribution in [0, 0.1) is 6.92 Å². The van der Waals surface area contributed by atoms with Crippen LogP contribution in [0.25, 0.3) is 0 Å². The topological polar surface area (TPSA) is 22.1 Å². The quantitative estimate of drug-likeness (QED) is 0.760. The molecular weight excluding hydrogens is 207 g/mol. The van der Waals surface area contributed by atoms with Gasteiger partial charge in [0.2, 0.25) is 5.88 Å². The van der Waals surface area contributed by atoms with Crippen LogP contribution in [0.15, 0.2) is 12.1 Å². The molecule has 0 unspecified atom stereocenters. The molecule has 1 aromatic rings. The number of hydrogen-bond acceptors (Lipinski definition) is 2. The fraction of sp³-hybridized carbons (Fsp3) is 0.500. The number of aryl methyl sites for hydroxylation is 1. The summed E-state index contributed by atoms with van der Waals surface area (Å²) in [5.41, 5.74) is 0.955. The molecule has 0 saturated heterocycles. The molecule has 0 atom stereocenters. The van der Waals surface area contributed by atoms with Gasteiger partial charge in [-0.05, 0) is 18.9 Å². The van der Waals surface area contributed by atoms with E-state index in [4.69, 9.17) is 0 Å². The number of halogens is 3. The van der Waals surface area contributed by atoms with Gasteiger partial charge in [-0.15, -0.1) is 13.2 Å². The molecule has 0 amide bonds. The van der Waals surface area contributed by atoms with E-state index in [0.29, 0.717) is 11.3 Å². The Morgan fingerprint density at radius 2 is 1.87 bits per heavy atom. The molecular formula is C10H12F3NO. The highest BCUT2D eigenvalue weighted by Gasteiger charge is 2.33. The lowest BCUT2D eigenvalue weighted by Crippen LogP contribution is -2.19. The Hall–Kier alpha value is -1.26. The first-order valence-corrected chi connectivity index (χ1v) is 4.53. The Kier molecular flexibility index (Phi) is 3.21. The monoisotopic (exact) mass is 219 g/mol. The fourth-order valence-electron chi connectivity index (χ4n) is 1.17. The lowest BCUT2D eigenvalue weighted by molar-refractivity contribution is -0.276. The van der Waals surface area contributed by atoms with Crippen molar-refractivity contribution >= 4 is 0 Å². The van der Waals surface area contributed by atoms with Crippen LogP contribution in [0.4, 0.5) is 13.2 Å². The molecule has 0 aliphatic heterocycles. The van der Waals surface area contributed by atoms with Gasteiger partial charge in [0.1, 0.15) is 0 Å². The van der Waals surface area contributed by atoms with Gasteiger partial charge in [0.25, 0.3) is 0 Å². The predicted octanol–water partition coefficient (Wildman–Crippen LogP) is 3.41. The molecule has 0 saturated carbocycles. The molecule has 1 rings (SSSR count). The maximum Gasteiger partial charge on any atom is 0.574 e. The third kappa shape index (κ3) is 3.42. The third-order valence-electron chi connectivity index (χ3n) is 1.86. The zero-order valence-electron chi connectivity index (χ0n) is 8.72. The number of hydrogen-bond donors (Lipinski definition) is 0. The van der Waals surface area contributed by atoms with Gasteiger partial charge in [0, 0.05) is 11.3 Å². The Morgan fingerprint density at radius 3 is 2.33 bits per heavy atom. The minimum atomic E-state index is -4.69. The van der Waals surface area contributed by atoms with Crippen molar-refractivity contribution in [2.45, 2.75) is 33.1 Å². The molecule has 2 nitrogen and oxygen atoms in total. The number of pyridine rings is 1. The Labute approximate surface area is 86.1 Å². The minimum Gasteiger partial charge on any atom is -0.388 e. The second-order valence-electron chi connectivity index (χ2n) is 3.55.